The Kier molecular flexibility index (Phi) is 6.79. The number of para-hydroxylation sites is 3. The van der Waals surface area contributed by atoms with Gasteiger partial charge in [0.05, 0.1) is 0 Å². The summed E-state index contributed by atoms with van der Waals surface area (Å²) in [5.74, 6) is 0.283. The van der Waals surface area contributed by atoms with Gasteiger partial charge in [0.15, 0.2) is 0 Å². The fraction of sp³-hybridized carbons (Fsp3) is 0. The van der Waals surface area contributed by atoms with Gasteiger partial charge in [-0.25, -0.2) is 18.6 Å². The highest BCUT2D eigenvalue weighted by Gasteiger charge is 2.16. The van der Waals surface area contributed by atoms with Crippen molar-refractivity contribution in [2.45, 2.75) is 0 Å². The van der Waals surface area contributed by atoms with Crippen LogP contribution in [0.2, 0.25) is 0 Å². The van der Waals surface area contributed by atoms with Crippen molar-refractivity contribution in [2.75, 3.05) is 0 Å². The molecule has 0 spiro atoms. The average molecular weight is 424 g/mol. The Bertz CT molecular complexity index is 1150. The maximum atomic E-state index is 9.99. The first-order chi connectivity index (χ1) is 14.3. The third-order valence-electron chi connectivity index (χ3n) is 4.25. The Morgan fingerprint density at radius 2 is 1.27 bits per heavy atom. The van der Waals surface area contributed by atoms with Crippen molar-refractivity contribution in [3.63, 3.8) is 0 Å². The maximum Gasteiger partial charge on any atom is 0.218 e. The zero-order valence-corrected chi connectivity index (χ0v) is 16.5. The molecule has 1 aromatic heterocycles. The molecule has 1 N–H and O–H groups in total. The van der Waals surface area contributed by atoms with Gasteiger partial charge in [0, 0.05) is 41.3 Å². The van der Waals surface area contributed by atoms with Gasteiger partial charge in [-0.15, -0.1) is 10.2 Å². The first kappa shape index (κ1) is 21.4. The summed E-state index contributed by atoms with van der Waals surface area (Å²) >= 11 is 0. The molecule has 3 aromatic carbocycles. The number of pyridine rings is 1. The Morgan fingerprint density at radius 1 is 0.667 bits per heavy atom. The topological polar surface area (TPSA) is 116 Å². The Morgan fingerprint density at radius 3 is 1.97 bits per heavy atom. The minimum absolute atomic E-state index is 0.283. The van der Waals surface area contributed by atoms with Gasteiger partial charge < -0.3 is 5.11 Å². The lowest BCUT2D eigenvalue weighted by Crippen LogP contribution is -2.68. The van der Waals surface area contributed by atoms with E-state index in [9.17, 15) is 5.11 Å². The van der Waals surface area contributed by atoms with E-state index in [0.717, 1.165) is 22.5 Å². The first-order valence-corrected chi connectivity index (χ1v) is 10.1. The molecule has 152 valence electrons. The molecule has 6 nitrogen and oxygen atoms in total. The molecule has 0 aliphatic rings. The van der Waals surface area contributed by atoms with E-state index in [4.69, 9.17) is 18.6 Å². The molecule has 0 saturated carbocycles. The molecular formula is C23H18ClNO5. The number of aromatic nitrogens is 1. The monoisotopic (exact) mass is 423 g/mol. The third kappa shape index (κ3) is 5.87. The summed E-state index contributed by atoms with van der Waals surface area (Å²) in [5, 5.41) is 11.2. The van der Waals surface area contributed by atoms with E-state index < -0.39 is 10.2 Å². The SMILES string of the molecule is Oc1ccccc1/C=C/c1ccc2ccccc2[n+]1-c1ccccc1.[O-][Cl+3]([O-])([O-])[O-]. The standard InChI is InChI=1S/C23H17NO.ClHO4/c25-23-13-7-5-9-19(23)15-17-21-16-14-18-8-4-6-12-22(18)24(21)20-10-2-1-3-11-20;2-1(3,4)5/h1-17H;(H,2,3,4,5). The summed E-state index contributed by atoms with van der Waals surface area (Å²) < 4.78 is 36.2. The molecule has 7 heteroatoms. The van der Waals surface area contributed by atoms with Crippen molar-refractivity contribution < 1.29 is 38.6 Å². The summed E-state index contributed by atoms with van der Waals surface area (Å²) in [6.07, 6.45) is 3.98. The number of nitrogens with zero attached hydrogens (tertiary/aromatic N) is 1. The van der Waals surface area contributed by atoms with E-state index in [1.807, 2.05) is 48.6 Å². The second-order valence-electron chi connectivity index (χ2n) is 6.26. The van der Waals surface area contributed by atoms with Crippen molar-refractivity contribution in [3.05, 3.63) is 102 Å². The normalized spacial score (nSPS) is 11.3. The number of fused-ring (bicyclic) bond motifs is 1. The molecule has 1 heterocycles. The highest BCUT2D eigenvalue weighted by atomic mass is 35.7. The van der Waals surface area contributed by atoms with Crippen LogP contribution in [0.15, 0.2) is 91.0 Å². The second-order valence-corrected chi connectivity index (χ2v) is 7.01. The molecule has 0 unspecified atom stereocenters. The zero-order valence-electron chi connectivity index (χ0n) is 15.7. The van der Waals surface area contributed by atoms with Crippen molar-refractivity contribution in [2.24, 2.45) is 0 Å². The summed E-state index contributed by atoms with van der Waals surface area (Å²) in [7, 11) is -4.94. The van der Waals surface area contributed by atoms with Crippen molar-refractivity contribution >= 4 is 23.1 Å². The van der Waals surface area contributed by atoms with Crippen LogP contribution in [0, 0.1) is 10.2 Å². The smallest absolute Gasteiger partial charge is 0.218 e. The third-order valence-corrected chi connectivity index (χ3v) is 4.25. The van der Waals surface area contributed by atoms with Crippen LogP contribution in [0.5, 0.6) is 5.75 Å². The van der Waals surface area contributed by atoms with Crippen LogP contribution in [-0.4, -0.2) is 5.11 Å². The fourth-order valence-corrected chi connectivity index (χ4v) is 3.02. The molecule has 0 amide bonds. The lowest BCUT2D eigenvalue weighted by atomic mass is 10.1. The van der Waals surface area contributed by atoms with Crippen molar-refractivity contribution in [1.29, 1.82) is 0 Å². The largest absolute Gasteiger partial charge is 0.507 e. The number of hydrogen-bond acceptors (Lipinski definition) is 5. The number of phenols is 1. The average Bonchev–Trinajstić information content (AvgIpc) is 2.72. The van der Waals surface area contributed by atoms with E-state index in [0.29, 0.717) is 0 Å². The molecule has 30 heavy (non-hydrogen) atoms. The molecule has 0 bridgehead atoms. The highest BCUT2D eigenvalue weighted by Crippen LogP contribution is 2.19. The van der Waals surface area contributed by atoms with Crippen LogP contribution < -0.4 is 23.2 Å². The van der Waals surface area contributed by atoms with Crippen LogP contribution in [0.25, 0.3) is 28.7 Å². The van der Waals surface area contributed by atoms with E-state index in [-0.39, 0.29) is 5.75 Å². The number of benzene rings is 3. The van der Waals surface area contributed by atoms with Crippen LogP contribution in [0.4, 0.5) is 0 Å². The molecule has 0 radical (unpaired) electrons. The summed E-state index contributed by atoms with van der Waals surface area (Å²) in [6, 6.07) is 30.2. The number of hydrogen-bond donors (Lipinski definition) is 1. The van der Waals surface area contributed by atoms with Crippen molar-refractivity contribution in [1.82, 2.24) is 0 Å². The van der Waals surface area contributed by atoms with E-state index in [1.54, 1.807) is 6.07 Å². The minimum atomic E-state index is -4.94. The van der Waals surface area contributed by atoms with E-state index >= 15 is 0 Å². The van der Waals surface area contributed by atoms with Gasteiger partial charge in [-0.1, -0.05) is 48.5 Å². The van der Waals surface area contributed by atoms with Gasteiger partial charge in [-0.2, -0.15) is 4.57 Å². The van der Waals surface area contributed by atoms with Gasteiger partial charge >= 0.3 is 0 Å². The summed E-state index contributed by atoms with van der Waals surface area (Å²) in [4.78, 5) is 0. The van der Waals surface area contributed by atoms with Crippen LogP contribution in [0.3, 0.4) is 0 Å². The predicted octanol–water partition coefficient (Wildman–Crippen LogP) is 0.237. The quantitative estimate of drug-likeness (QED) is 0.474. The lowest BCUT2D eigenvalue weighted by molar-refractivity contribution is -2.00. The predicted molar refractivity (Wildman–Crippen MR) is 103 cm³/mol. The lowest BCUT2D eigenvalue weighted by Gasteiger charge is -2.17. The fourth-order valence-electron chi connectivity index (χ4n) is 3.02. The Balaban J connectivity index is 0.000000461. The van der Waals surface area contributed by atoms with Crippen LogP contribution in [0.1, 0.15) is 11.3 Å². The van der Waals surface area contributed by atoms with Gasteiger partial charge in [-0.3, -0.25) is 0 Å². The highest BCUT2D eigenvalue weighted by molar-refractivity contribution is 5.78. The van der Waals surface area contributed by atoms with Gasteiger partial charge in [-0.05, 0) is 24.3 Å². The van der Waals surface area contributed by atoms with Gasteiger partial charge in [0.2, 0.25) is 16.9 Å². The molecule has 4 rings (SSSR count). The molecule has 0 atom stereocenters. The maximum absolute atomic E-state index is 9.99. The van der Waals surface area contributed by atoms with E-state index in [2.05, 4.69) is 53.1 Å². The molecule has 0 aliphatic heterocycles. The number of aromatic hydroxyl groups is 1. The molecule has 4 aromatic rings. The zero-order chi connectivity index (χ0) is 21.6. The number of rotatable bonds is 3. The molecule has 0 saturated heterocycles. The molecule has 0 aliphatic carbocycles. The van der Waals surface area contributed by atoms with Crippen LogP contribution in [-0.2, 0) is 0 Å². The van der Waals surface area contributed by atoms with E-state index in [1.165, 1.54) is 5.39 Å². The minimum Gasteiger partial charge on any atom is -0.507 e. The summed E-state index contributed by atoms with van der Waals surface area (Å²) in [6.45, 7) is 0. The molecular weight excluding hydrogens is 406 g/mol. The van der Waals surface area contributed by atoms with Crippen LogP contribution >= 0.6 is 0 Å². The summed E-state index contributed by atoms with van der Waals surface area (Å²) in [5.41, 5.74) is 4.10. The van der Waals surface area contributed by atoms with Crippen molar-refractivity contribution in [3.8, 4) is 11.4 Å². The Hall–Kier alpha value is -3.26. The Labute approximate surface area is 175 Å². The number of phenolic OH excluding ortho intramolecular Hbond substituents is 1. The number of halogens is 1. The van der Waals surface area contributed by atoms with Gasteiger partial charge in [0.25, 0.3) is 0 Å². The molecule has 0 fully saturated rings. The van der Waals surface area contributed by atoms with Gasteiger partial charge in [0.1, 0.15) is 5.75 Å². The second kappa shape index (κ2) is 9.49. The first-order valence-electron chi connectivity index (χ1n) is 8.90.